The van der Waals surface area contributed by atoms with Crippen molar-refractivity contribution >= 4 is 5.91 Å². The Hall–Kier alpha value is -2.35. The normalized spacial score (nSPS) is 20.0. The number of carbonyl (C=O) groups excluding carboxylic acids is 1. The van der Waals surface area contributed by atoms with Gasteiger partial charge in [0.15, 0.2) is 0 Å². The molecule has 4 heterocycles. The number of hydrogen-bond acceptors (Lipinski definition) is 6. The molecule has 2 fully saturated rings. The first-order valence-electron chi connectivity index (χ1n) is 10.3. The summed E-state index contributed by atoms with van der Waals surface area (Å²) in [6, 6.07) is 5.98. The molecular weight excluding hydrogens is 354 g/mol. The van der Waals surface area contributed by atoms with Crippen LogP contribution in [0.5, 0.6) is 0 Å². The number of hydrogen-bond donors (Lipinski definition) is 0. The van der Waals surface area contributed by atoms with E-state index in [1.54, 1.807) is 11.0 Å². The Bertz CT molecular complexity index is 741. The second kappa shape index (κ2) is 8.77. The Morgan fingerprint density at radius 3 is 2.71 bits per heavy atom. The molecule has 8 heteroatoms. The number of tetrazole rings is 1. The van der Waals surface area contributed by atoms with Crippen LogP contribution in [0.1, 0.15) is 37.8 Å². The maximum atomic E-state index is 12.4. The van der Waals surface area contributed by atoms with E-state index in [1.807, 2.05) is 24.4 Å². The molecule has 0 N–H and O–H groups in total. The van der Waals surface area contributed by atoms with Crippen molar-refractivity contribution < 1.29 is 4.79 Å². The molecule has 2 saturated heterocycles. The number of carbonyl (C=O) groups is 1. The summed E-state index contributed by atoms with van der Waals surface area (Å²) in [5.74, 6) is 0.311. The highest BCUT2D eigenvalue weighted by Crippen LogP contribution is 2.40. The summed E-state index contributed by atoms with van der Waals surface area (Å²) in [5.41, 5.74) is 1.37. The van der Waals surface area contributed by atoms with E-state index in [0.29, 0.717) is 17.7 Å². The molecule has 2 aromatic heterocycles. The fourth-order valence-corrected chi connectivity index (χ4v) is 4.50. The molecule has 150 valence electrons. The predicted octanol–water partition coefficient (Wildman–Crippen LogP) is 1.41. The number of amides is 1. The molecular formula is C20H29N7O. The van der Waals surface area contributed by atoms with Crippen LogP contribution in [0.2, 0.25) is 0 Å². The highest BCUT2D eigenvalue weighted by Gasteiger charge is 2.40. The van der Waals surface area contributed by atoms with Gasteiger partial charge in [0.1, 0.15) is 6.33 Å². The first-order valence-corrected chi connectivity index (χ1v) is 10.3. The summed E-state index contributed by atoms with van der Waals surface area (Å²) >= 11 is 0. The number of aryl methyl sites for hydroxylation is 1. The molecule has 0 aliphatic carbocycles. The van der Waals surface area contributed by atoms with Gasteiger partial charge in [-0.1, -0.05) is 6.07 Å². The fraction of sp³-hybridized carbons (Fsp3) is 0.650. The third-order valence-electron chi connectivity index (χ3n) is 6.28. The van der Waals surface area contributed by atoms with Crippen molar-refractivity contribution in [2.75, 3.05) is 32.7 Å². The topological polar surface area (TPSA) is 80.0 Å². The summed E-state index contributed by atoms with van der Waals surface area (Å²) in [5, 5.41) is 11.3. The number of likely N-dealkylation sites (tertiary alicyclic amines) is 2. The minimum absolute atomic E-state index is 0.310. The fourth-order valence-electron chi connectivity index (χ4n) is 4.50. The molecule has 0 bridgehead atoms. The van der Waals surface area contributed by atoms with Crippen molar-refractivity contribution in [1.82, 2.24) is 35.0 Å². The summed E-state index contributed by atoms with van der Waals surface area (Å²) in [6.45, 7) is 5.89. The van der Waals surface area contributed by atoms with Gasteiger partial charge in [-0.3, -0.25) is 9.78 Å². The van der Waals surface area contributed by atoms with Crippen molar-refractivity contribution in [3.63, 3.8) is 0 Å². The van der Waals surface area contributed by atoms with E-state index in [9.17, 15) is 4.79 Å². The van der Waals surface area contributed by atoms with Gasteiger partial charge in [0.25, 0.3) is 0 Å². The Labute approximate surface area is 165 Å². The summed E-state index contributed by atoms with van der Waals surface area (Å²) in [6.07, 6.45) is 9.51. The molecule has 8 nitrogen and oxygen atoms in total. The van der Waals surface area contributed by atoms with Crippen molar-refractivity contribution in [3.8, 4) is 0 Å². The lowest BCUT2D eigenvalue weighted by Gasteiger charge is -2.47. The van der Waals surface area contributed by atoms with E-state index in [0.717, 1.165) is 64.2 Å². The molecule has 1 spiro atoms. The van der Waals surface area contributed by atoms with Crippen LogP contribution < -0.4 is 0 Å². The third kappa shape index (κ3) is 4.73. The molecule has 2 aliphatic heterocycles. The van der Waals surface area contributed by atoms with Gasteiger partial charge >= 0.3 is 0 Å². The zero-order valence-corrected chi connectivity index (χ0v) is 16.4. The number of pyridine rings is 1. The predicted molar refractivity (Wildman–Crippen MR) is 104 cm³/mol. The lowest BCUT2D eigenvalue weighted by atomic mass is 9.72. The van der Waals surface area contributed by atoms with E-state index in [-0.39, 0.29) is 0 Å². The van der Waals surface area contributed by atoms with Gasteiger partial charge in [0.2, 0.25) is 5.91 Å². The molecule has 2 aromatic rings. The van der Waals surface area contributed by atoms with Crippen molar-refractivity contribution in [3.05, 3.63) is 36.4 Å². The summed E-state index contributed by atoms with van der Waals surface area (Å²) < 4.78 is 1.79. The first-order chi connectivity index (χ1) is 13.7. The monoisotopic (exact) mass is 383 g/mol. The smallest absolute Gasteiger partial charge is 0.222 e. The molecule has 0 unspecified atom stereocenters. The second-order valence-electron chi connectivity index (χ2n) is 8.15. The minimum atomic E-state index is 0.310. The molecule has 1 amide bonds. The van der Waals surface area contributed by atoms with Gasteiger partial charge in [0, 0.05) is 44.4 Å². The van der Waals surface area contributed by atoms with E-state index >= 15 is 0 Å². The lowest BCUT2D eigenvalue weighted by Crippen LogP contribution is -2.52. The molecule has 2 aliphatic rings. The van der Waals surface area contributed by atoms with Crippen LogP contribution in [0.4, 0.5) is 0 Å². The van der Waals surface area contributed by atoms with E-state index in [1.165, 1.54) is 12.8 Å². The Balaban J connectivity index is 1.24. The zero-order chi connectivity index (χ0) is 19.2. The van der Waals surface area contributed by atoms with Crippen LogP contribution in [-0.2, 0) is 17.8 Å². The van der Waals surface area contributed by atoms with Crippen molar-refractivity contribution in [1.29, 1.82) is 0 Å². The quantitative estimate of drug-likeness (QED) is 0.719. The third-order valence-corrected chi connectivity index (χ3v) is 6.28. The molecule has 0 radical (unpaired) electrons. The summed E-state index contributed by atoms with van der Waals surface area (Å²) in [7, 11) is 0. The van der Waals surface area contributed by atoms with Crippen molar-refractivity contribution in [2.45, 2.75) is 45.1 Å². The summed E-state index contributed by atoms with van der Waals surface area (Å²) in [4.78, 5) is 21.5. The Kier molecular flexibility index (Phi) is 5.95. The van der Waals surface area contributed by atoms with Gasteiger partial charge in [-0.2, -0.15) is 0 Å². The maximum Gasteiger partial charge on any atom is 0.222 e. The second-order valence-corrected chi connectivity index (χ2v) is 8.15. The molecule has 0 saturated carbocycles. The van der Waals surface area contributed by atoms with Crippen LogP contribution in [-0.4, -0.2) is 73.6 Å². The SMILES string of the molecule is O=C1CCC2(CCN(CCCn3cnnn3)CC2)CN1CCc1ccccn1. The van der Waals surface area contributed by atoms with Crippen molar-refractivity contribution in [2.24, 2.45) is 5.41 Å². The molecule has 0 atom stereocenters. The highest BCUT2D eigenvalue weighted by atomic mass is 16.2. The van der Waals surface area contributed by atoms with Gasteiger partial charge in [0.05, 0.1) is 0 Å². The van der Waals surface area contributed by atoms with Gasteiger partial charge < -0.3 is 9.80 Å². The largest absolute Gasteiger partial charge is 0.342 e. The number of piperidine rings is 2. The lowest BCUT2D eigenvalue weighted by molar-refractivity contribution is -0.139. The van der Waals surface area contributed by atoms with Crippen LogP contribution in [0.25, 0.3) is 0 Å². The zero-order valence-electron chi connectivity index (χ0n) is 16.4. The number of rotatable bonds is 7. The first kappa shape index (κ1) is 19.0. The van der Waals surface area contributed by atoms with Gasteiger partial charge in [-0.05, 0) is 73.3 Å². The number of aromatic nitrogens is 5. The van der Waals surface area contributed by atoms with Crippen LogP contribution >= 0.6 is 0 Å². The Morgan fingerprint density at radius 2 is 1.96 bits per heavy atom. The molecule has 28 heavy (non-hydrogen) atoms. The van der Waals surface area contributed by atoms with E-state index in [4.69, 9.17) is 0 Å². The molecule has 4 rings (SSSR count). The average molecular weight is 384 g/mol. The van der Waals surface area contributed by atoms with Gasteiger partial charge in [-0.15, -0.1) is 5.10 Å². The number of nitrogens with zero attached hydrogens (tertiary/aromatic N) is 7. The highest BCUT2D eigenvalue weighted by molar-refractivity contribution is 5.77. The van der Waals surface area contributed by atoms with E-state index in [2.05, 4.69) is 30.3 Å². The average Bonchev–Trinajstić information content (AvgIpc) is 3.25. The van der Waals surface area contributed by atoms with Crippen LogP contribution in [0.15, 0.2) is 30.7 Å². The van der Waals surface area contributed by atoms with Gasteiger partial charge in [-0.25, -0.2) is 4.68 Å². The minimum Gasteiger partial charge on any atom is -0.342 e. The Morgan fingerprint density at radius 1 is 1.07 bits per heavy atom. The van der Waals surface area contributed by atoms with Crippen LogP contribution in [0, 0.1) is 5.41 Å². The van der Waals surface area contributed by atoms with Crippen LogP contribution in [0.3, 0.4) is 0 Å². The maximum absolute atomic E-state index is 12.4. The van der Waals surface area contributed by atoms with E-state index < -0.39 is 0 Å². The molecule has 0 aromatic carbocycles. The standard InChI is InChI=1S/C20H29N7O/c28-19-5-7-20(16-26(19)13-6-18-4-1-2-10-21-18)8-14-25(15-9-20)11-3-12-27-17-22-23-24-27/h1-2,4,10,17H,3,5-9,11-16H2.